The summed E-state index contributed by atoms with van der Waals surface area (Å²) in [7, 11) is 0. The zero-order chi connectivity index (χ0) is 18.4. The van der Waals surface area contributed by atoms with Crippen molar-refractivity contribution in [2.75, 3.05) is 13.2 Å². The Kier molecular flexibility index (Phi) is 5.28. The first kappa shape index (κ1) is 17.2. The highest BCUT2D eigenvalue weighted by atomic mass is 16.6. The van der Waals surface area contributed by atoms with Gasteiger partial charge in [-0.05, 0) is 24.3 Å². The molecule has 0 fully saturated rings. The second-order valence-electron chi connectivity index (χ2n) is 5.21. The topological polar surface area (TPSA) is 116 Å². The number of pyridine rings is 1. The number of rotatable bonds is 4. The van der Waals surface area contributed by atoms with Crippen LogP contribution in [-0.2, 0) is 14.3 Å². The fourth-order valence-corrected chi connectivity index (χ4v) is 2.10. The van der Waals surface area contributed by atoms with Gasteiger partial charge in [0.05, 0.1) is 5.56 Å². The first-order valence-corrected chi connectivity index (χ1v) is 7.68. The number of hydrogen-bond donors (Lipinski definition) is 2. The minimum absolute atomic E-state index is 0.00967. The van der Waals surface area contributed by atoms with Crippen LogP contribution in [0.25, 0.3) is 0 Å². The summed E-state index contributed by atoms with van der Waals surface area (Å²) in [6.07, 6.45) is 1.95. The Labute approximate surface area is 148 Å². The van der Waals surface area contributed by atoms with E-state index in [0.717, 1.165) is 0 Å². The lowest BCUT2D eigenvalue weighted by Crippen LogP contribution is -2.51. The van der Waals surface area contributed by atoms with Crippen molar-refractivity contribution < 1.29 is 28.6 Å². The first-order chi connectivity index (χ1) is 12.6. The second kappa shape index (κ2) is 7.97. The van der Waals surface area contributed by atoms with Gasteiger partial charge < -0.3 is 14.2 Å². The summed E-state index contributed by atoms with van der Waals surface area (Å²) in [5.41, 5.74) is 4.62. The molecule has 1 aliphatic rings. The van der Waals surface area contributed by atoms with E-state index in [1.807, 2.05) is 0 Å². The predicted octanol–water partition coefficient (Wildman–Crippen LogP) is 0.226. The molecule has 1 aromatic heterocycles. The third kappa shape index (κ3) is 4.26. The zero-order valence-electron chi connectivity index (χ0n) is 13.5. The molecule has 0 radical (unpaired) electrons. The van der Waals surface area contributed by atoms with Crippen molar-refractivity contribution in [3.8, 4) is 11.5 Å². The van der Waals surface area contributed by atoms with Gasteiger partial charge in [-0.3, -0.25) is 25.4 Å². The number of para-hydroxylation sites is 2. The quantitative estimate of drug-likeness (QED) is 0.594. The molecule has 26 heavy (non-hydrogen) atoms. The molecule has 134 valence electrons. The van der Waals surface area contributed by atoms with Crippen LogP contribution in [0.3, 0.4) is 0 Å². The summed E-state index contributed by atoms with van der Waals surface area (Å²) < 4.78 is 15.7. The van der Waals surface area contributed by atoms with E-state index in [0.29, 0.717) is 11.5 Å². The molecule has 3 rings (SSSR count). The van der Waals surface area contributed by atoms with Gasteiger partial charge in [0, 0.05) is 12.4 Å². The van der Waals surface area contributed by atoms with E-state index < -0.39 is 30.5 Å². The molecule has 0 aliphatic carbocycles. The molecule has 0 unspecified atom stereocenters. The first-order valence-electron chi connectivity index (χ1n) is 7.68. The molecule has 0 saturated carbocycles. The van der Waals surface area contributed by atoms with Crippen molar-refractivity contribution in [3.63, 3.8) is 0 Å². The number of nitrogens with zero attached hydrogens (tertiary/aromatic N) is 1. The summed E-state index contributed by atoms with van der Waals surface area (Å²) in [6.45, 7) is -0.540. The van der Waals surface area contributed by atoms with Gasteiger partial charge in [-0.1, -0.05) is 12.1 Å². The third-order valence-corrected chi connectivity index (χ3v) is 3.38. The van der Waals surface area contributed by atoms with Crippen LogP contribution in [0.2, 0.25) is 0 Å². The Hall–Kier alpha value is -3.62. The van der Waals surface area contributed by atoms with Crippen molar-refractivity contribution in [3.05, 3.63) is 54.4 Å². The number of hydrogen-bond acceptors (Lipinski definition) is 7. The fourth-order valence-electron chi connectivity index (χ4n) is 2.10. The lowest BCUT2D eigenvalue weighted by molar-refractivity contribution is -0.135. The van der Waals surface area contributed by atoms with E-state index in [1.54, 1.807) is 24.3 Å². The van der Waals surface area contributed by atoms with Crippen molar-refractivity contribution in [2.45, 2.75) is 6.10 Å². The maximum absolute atomic E-state index is 12.0. The minimum atomic E-state index is -0.912. The van der Waals surface area contributed by atoms with Crippen LogP contribution >= 0.6 is 0 Å². The molecule has 2 N–H and O–H groups in total. The highest BCUT2D eigenvalue weighted by Crippen LogP contribution is 2.30. The van der Waals surface area contributed by atoms with Crippen LogP contribution in [0.4, 0.5) is 0 Å². The van der Waals surface area contributed by atoms with E-state index in [-0.39, 0.29) is 12.2 Å². The van der Waals surface area contributed by atoms with Gasteiger partial charge in [-0.25, -0.2) is 4.79 Å². The number of aromatic nitrogens is 1. The number of fused-ring (bicyclic) bond motifs is 1. The van der Waals surface area contributed by atoms with E-state index >= 15 is 0 Å². The van der Waals surface area contributed by atoms with Gasteiger partial charge in [-0.15, -0.1) is 0 Å². The number of benzene rings is 1. The summed E-state index contributed by atoms with van der Waals surface area (Å²) in [5.74, 6) is -0.971. The van der Waals surface area contributed by atoms with Crippen LogP contribution < -0.4 is 20.3 Å². The molecular weight excluding hydrogens is 342 g/mol. The van der Waals surface area contributed by atoms with Crippen molar-refractivity contribution in [2.24, 2.45) is 0 Å². The number of carbonyl (C=O) groups is 3. The average molecular weight is 357 g/mol. The summed E-state index contributed by atoms with van der Waals surface area (Å²) in [6, 6.07) is 9.85. The van der Waals surface area contributed by atoms with Crippen LogP contribution in [0.1, 0.15) is 10.4 Å². The van der Waals surface area contributed by atoms with E-state index in [1.165, 1.54) is 24.5 Å². The number of nitrogens with one attached hydrogen (secondary N) is 2. The van der Waals surface area contributed by atoms with E-state index in [2.05, 4.69) is 15.8 Å². The molecule has 9 heteroatoms. The van der Waals surface area contributed by atoms with Crippen LogP contribution in [0, 0.1) is 0 Å². The van der Waals surface area contributed by atoms with Crippen LogP contribution in [0.5, 0.6) is 11.5 Å². The Morgan fingerprint density at radius 2 is 1.81 bits per heavy atom. The number of esters is 1. The minimum Gasteiger partial charge on any atom is -0.485 e. The summed E-state index contributed by atoms with van der Waals surface area (Å²) in [4.78, 5) is 39.2. The highest BCUT2D eigenvalue weighted by molar-refractivity contribution is 5.91. The molecule has 1 aliphatic heterocycles. The molecule has 1 atom stereocenters. The standard InChI is InChI=1S/C17H15N3O6/c21-15(10-25-17(23)11-5-7-18-8-6-11)19-20-16(22)14-9-24-12-3-1-2-4-13(12)26-14/h1-8,14H,9-10H2,(H,19,21)(H,20,22)/t14-/m0/s1. The number of ether oxygens (including phenoxy) is 3. The number of hydrazine groups is 1. The maximum atomic E-state index is 12.0. The second-order valence-corrected chi connectivity index (χ2v) is 5.21. The molecule has 0 saturated heterocycles. The summed E-state index contributed by atoms with van der Waals surface area (Å²) in [5, 5.41) is 0. The van der Waals surface area contributed by atoms with E-state index in [4.69, 9.17) is 14.2 Å². The summed E-state index contributed by atoms with van der Waals surface area (Å²) >= 11 is 0. The zero-order valence-corrected chi connectivity index (χ0v) is 13.5. The predicted molar refractivity (Wildman–Crippen MR) is 87.2 cm³/mol. The Morgan fingerprint density at radius 1 is 1.08 bits per heavy atom. The average Bonchev–Trinajstić information content (AvgIpc) is 2.70. The fraction of sp³-hybridized carbons (Fsp3) is 0.176. The van der Waals surface area contributed by atoms with Gasteiger partial charge in [-0.2, -0.15) is 0 Å². The Morgan fingerprint density at radius 3 is 2.58 bits per heavy atom. The highest BCUT2D eigenvalue weighted by Gasteiger charge is 2.27. The van der Waals surface area contributed by atoms with Gasteiger partial charge in [0.2, 0.25) is 6.10 Å². The normalized spacial score (nSPS) is 14.8. The molecule has 9 nitrogen and oxygen atoms in total. The van der Waals surface area contributed by atoms with Crippen molar-refractivity contribution in [1.29, 1.82) is 0 Å². The molecule has 1 aromatic carbocycles. The Bertz CT molecular complexity index is 811. The maximum Gasteiger partial charge on any atom is 0.338 e. The van der Waals surface area contributed by atoms with Gasteiger partial charge in [0.1, 0.15) is 6.61 Å². The number of amides is 2. The Balaban J connectivity index is 1.42. The SMILES string of the molecule is O=C(COC(=O)c1ccncc1)NNC(=O)[C@@H]1COc2ccccc2O1. The lowest BCUT2D eigenvalue weighted by atomic mass is 10.2. The lowest BCUT2D eigenvalue weighted by Gasteiger charge is -2.25. The van der Waals surface area contributed by atoms with Gasteiger partial charge in [0.15, 0.2) is 18.1 Å². The molecule has 2 heterocycles. The van der Waals surface area contributed by atoms with Crippen LogP contribution in [0.15, 0.2) is 48.8 Å². The van der Waals surface area contributed by atoms with E-state index in [9.17, 15) is 14.4 Å². The van der Waals surface area contributed by atoms with Crippen LogP contribution in [-0.4, -0.2) is 42.1 Å². The largest absolute Gasteiger partial charge is 0.485 e. The monoisotopic (exact) mass is 357 g/mol. The molecule has 2 aromatic rings. The number of carbonyl (C=O) groups excluding carboxylic acids is 3. The van der Waals surface area contributed by atoms with Gasteiger partial charge >= 0.3 is 5.97 Å². The van der Waals surface area contributed by atoms with Crippen molar-refractivity contribution >= 4 is 17.8 Å². The third-order valence-electron chi connectivity index (χ3n) is 3.38. The smallest absolute Gasteiger partial charge is 0.338 e. The molecule has 0 spiro atoms. The molecule has 0 bridgehead atoms. The molecule has 2 amide bonds. The van der Waals surface area contributed by atoms with Crippen molar-refractivity contribution in [1.82, 2.24) is 15.8 Å². The molecular formula is C17H15N3O6. The van der Waals surface area contributed by atoms with Gasteiger partial charge in [0.25, 0.3) is 11.8 Å².